The minimum atomic E-state index is -2.19. The molecule has 2 saturated carbocycles. The van der Waals surface area contributed by atoms with E-state index in [-0.39, 0.29) is 18.2 Å². The van der Waals surface area contributed by atoms with Crippen LogP contribution in [0.5, 0.6) is 0 Å². The van der Waals surface area contributed by atoms with Gasteiger partial charge < -0.3 is 4.74 Å². The van der Waals surface area contributed by atoms with Gasteiger partial charge in [0.1, 0.15) is 14.2 Å². The van der Waals surface area contributed by atoms with Gasteiger partial charge in [-0.3, -0.25) is 9.69 Å². The van der Waals surface area contributed by atoms with Gasteiger partial charge in [-0.25, -0.2) is 4.79 Å². The highest BCUT2D eigenvalue weighted by Gasteiger charge is 2.51. The Morgan fingerprint density at radius 2 is 1.50 bits per heavy atom. The van der Waals surface area contributed by atoms with Gasteiger partial charge in [0.05, 0.1) is 0 Å². The van der Waals surface area contributed by atoms with Crippen LogP contribution >= 0.6 is 0 Å². The predicted molar refractivity (Wildman–Crippen MR) is 153 cm³/mol. The first-order chi connectivity index (χ1) is 16.9. The number of hydrogen-bond acceptors (Lipinski definition) is 3. The Morgan fingerprint density at radius 3 is 2.03 bits per heavy atom. The Kier molecular flexibility index (Phi) is 9.96. The van der Waals surface area contributed by atoms with Crippen molar-refractivity contribution in [3.63, 3.8) is 0 Å². The molecule has 0 unspecified atom stereocenters. The van der Waals surface area contributed by atoms with Crippen molar-refractivity contribution >= 4 is 20.0 Å². The van der Waals surface area contributed by atoms with Crippen LogP contribution in [0.1, 0.15) is 120 Å². The highest BCUT2D eigenvalue weighted by molar-refractivity contribution is 6.93. The quantitative estimate of drug-likeness (QED) is 0.317. The number of nitrogens with zero attached hydrogens (tertiary/aromatic N) is 1. The summed E-state index contributed by atoms with van der Waals surface area (Å²) in [5.74, 6) is 2.21. The van der Waals surface area contributed by atoms with Crippen LogP contribution < -0.4 is 0 Å². The number of allylic oxidation sites excluding steroid dienone is 1. The zero-order valence-corrected chi connectivity index (χ0v) is 25.8. The molecule has 4 nitrogen and oxygen atoms in total. The average Bonchev–Trinajstić information content (AvgIpc) is 2.80. The number of rotatable bonds is 7. The van der Waals surface area contributed by atoms with Crippen molar-refractivity contribution in [1.29, 1.82) is 0 Å². The molecular formula is C31H55NO3Si. The Balaban J connectivity index is 2.02. The third kappa shape index (κ3) is 5.81. The minimum absolute atomic E-state index is 0.0231. The Morgan fingerprint density at radius 1 is 0.917 bits per heavy atom. The van der Waals surface area contributed by atoms with E-state index < -0.39 is 8.07 Å². The molecule has 36 heavy (non-hydrogen) atoms. The number of hydrogen-bond donors (Lipinski definition) is 0. The molecule has 4 atom stereocenters. The van der Waals surface area contributed by atoms with Crippen molar-refractivity contribution in [3.8, 4) is 0 Å². The Bertz CT molecular complexity index is 774. The Hall–Kier alpha value is -1.10. The largest absolute Gasteiger partial charge is 0.446 e. The number of carbonyl (C=O) groups excluding carboxylic acids is 2. The summed E-state index contributed by atoms with van der Waals surface area (Å²) < 4.78 is 6.42. The van der Waals surface area contributed by atoms with E-state index >= 15 is 0 Å². The standard InChI is InChI=1S/C31H55NO3Si/c1-20(2)26-16-15-24(9)17-29(26)35-31(34)32-19-30(36(21(3)4,22(5)6)23(7)8)28(33)18-27(32)25-13-11-10-12-14-25/h19-27,29H,10-18H2,1-9H3/t24-,26+,27+,29-/m1/s1. The molecule has 2 aliphatic carbocycles. The van der Waals surface area contributed by atoms with Crippen molar-refractivity contribution in [2.75, 3.05) is 0 Å². The summed E-state index contributed by atoms with van der Waals surface area (Å²) in [6.07, 6.45) is 11.5. The van der Waals surface area contributed by atoms with E-state index in [1.165, 1.54) is 25.7 Å². The maximum absolute atomic E-state index is 14.0. The number of Topliss-reactive ketones (excluding diaryl/α,β-unsaturated/α-hetero) is 1. The van der Waals surface area contributed by atoms with Crippen molar-refractivity contribution in [1.82, 2.24) is 4.90 Å². The lowest BCUT2D eigenvalue weighted by Gasteiger charge is -2.48. The lowest BCUT2D eigenvalue weighted by Crippen LogP contribution is -2.55. The fraction of sp³-hybridized carbons (Fsp3) is 0.871. The molecule has 5 heteroatoms. The molecule has 0 aromatic carbocycles. The van der Waals surface area contributed by atoms with Crippen LogP contribution in [0.3, 0.4) is 0 Å². The van der Waals surface area contributed by atoms with Gasteiger partial charge in [-0.15, -0.1) is 0 Å². The summed E-state index contributed by atoms with van der Waals surface area (Å²) in [5, 5.41) is 0.990. The fourth-order valence-electron chi connectivity index (χ4n) is 8.53. The van der Waals surface area contributed by atoms with Crippen molar-refractivity contribution in [2.24, 2.45) is 23.7 Å². The number of carbonyl (C=O) groups is 2. The molecule has 2 fully saturated rings. The predicted octanol–water partition coefficient (Wildman–Crippen LogP) is 8.91. The molecular weight excluding hydrogens is 462 g/mol. The highest BCUT2D eigenvalue weighted by atomic mass is 28.3. The van der Waals surface area contributed by atoms with Crippen LogP contribution in [0.15, 0.2) is 11.4 Å². The van der Waals surface area contributed by atoms with Crippen LogP contribution in [-0.4, -0.2) is 37.0 Å². The lowest BCUT2D eigenvalue weighted by atomic mass is 9.75. The summed E-state index contributed by atoms with van der Waals surface area (Å²) in [6.45, 7) is 20.6. The highest BCUT2D eigenvalue weighted by Crippen LogP contribution is 2.49. The van der Waals surface area contributed by atoms with Crippen molar-refractivity contribution < 1.29 is 14.3 Å². The maximum Gasteiger partial charge on any atom is 0.414 e. The van der Waals surface area contributed by atoms with Gasteiger partial charge in [0, 0.05) is 18.7 Å². The molecule has 0 N–H and O–H groups in total. The molecule has 1 amide bonds. The molecule has 3 aliphatic rings. The fourth-order valence-corrected chi connectivity index (χ4v) is 15.3. The zero-order valence-electron chi connectivity index (χ0n) is 24.8. The maximum atomic E-state index is 14.0. The summed E-state index contributed by atoms with van der Waals surface area (Å²) in [5.41, 5.74) is 1.30. The van der Waals surface area contributed by atoms with Crippen LogP contribution in [0.25, 0.3) is 0 Å². The molecule has 0 aromatic rings. The van der Waals surface area contributed by atoms with Gasteiger partial charge in [0.2, 0.25) is 0 Å². The molecule has 1 heterocycles. The van der Waals surface area contributed by atoms with E-state index in [1.54, 1.807) is 0 Å². The van der Waals surface area contributed by atoms with Crippen molar-refractivity contribution in [3.05, 3.63) is 11.4 Å². The number of ketones is 1. The SMILES string of the molecule is CC(C)[C@@H]1CC[C@@H](C)C[C@H]1OC(=O)N1C=C([Si](C(C)C)(C(C)C)C(C)C)C(=O)C[C@H]1C1CCCCC1. The summed E-state index contributed by atoms with van der Waals surface area (Å²) in [4.78, 5) is 29.9. The molecule has 0 spiro atoms. The van der Waals surface area contributed by atoms with E-state index in [1.807, 2.05) is 11.1 Å². The topological polar surface area (TPSA) is 46.6 Å². The first kappa shape index (κ1) is 29.5. The second-order valence-electron chi connectivity index (χ2n) is 13.7. The molecule has 0 aromatic heterocycles. The second kappa shape index (κ2) is 12.2. The number of amides is 1. The van der Waals surface area contributed by atoms with Gasteiger partial charge in [0.15, 0.2) is 5.78 Å². The van der Waals surface area contributed by atoms with E-state index in [9.17, 15) is 9.59 Å². The molecule has 0 saturated heterocycles. The molecule has 0 radical (unpaired) electrons. The molecule has 206 valence electrons. The van der Waals surface area contributed by atoms with Crippen LogP contribution in [0.4, 0.5) is 4.79 Å². The first-order valence-electron chi connectivity index (χ1n) is 15.2. The molecule has 3 rings (SSSR count). The van der Waals surface area contributed by atoms with E-state index in [2.05, 4.69) is 62.3 Å². The van der Waals surface area contributed by atoms with Gasteiger partial charge in [-0.1, -0.05) is 88.0 Å². The van der Waals surface area contributed by atoms with Crippen LogP contribution in [0, 0.1) is 23.7 Å². The second-order valence-corrected chi connectivity index (χ2v) is 19.6. The third-order valence-electron chi connectivity index (χ3n) is 10.3. The van der Waals surface area contributed by atoms with Crippen LogP contribution in [0.2, 0.25) is 16.6 Å². The smallest absolute Gasteiger partial charge is 0.414 e. The molecule has 0 bridgehead atoms. The monoisotopic (exact) mass is 517 g/mol. The first-order valence-corrected chi connectivity index (χ1v) is 17.4. The zero-order chi connectivity index (χ0) is 26.8. The molecule has 1 aliphatic heterocycles. The summed E-state index contributed by atoms with van der Waals surface area (Å²) >= 11 is 0. The Labute approximate surface area is 223 Å². The normalized spacial score (nSPS) is 28.9. The lowest BCUT2D eigenvalue weighted by molar-refractivity contribution is -0.117. The van der Waals surface area contributed by atoms with Gasteiger partial charge in [0.25, 0.3) is 0 Å². The van der Waals surface area contributed by atoms with Crippen molar-refractivity contribution in [2.45, 2.75) is 149 Å². The van der Waals surface area contributed by atoms with E-state index in [0.29, 0.717) is 52.5 Å². The van der Waals surface area contributed by atoms with Gasteiger partial charge >= 0.3 is 6.09 Å². The van der Waals surface area contributed by atoms with Gasteiger partial charge in [-0.2, -0.15) is 0 Å². The van der Waals surface area contributed by atoms with E-state index in [0.717, 1.165) is 30.9 Å². The number of ether oxygens (including phenoxy) is 1. The minimum Gasteiger partial charge on any atom is -0.446 e. The average molecular weight is 518 g/mol. The van der Waals surface area contributed by atoms with Crippen LogP contribution in [-0.2, 0) is 9.53 Å². The summed E-state index contributed by atoms with van der Waals surface area (Å²) in [7, 11) is -2.19. The van der Waals surface area contributed by atoms with E-state index in [4.69, 9.17) is 4.74 Å². The third-order valence-corrected chi connectivity index (χ3v) is 17.3. The summed E-state index contributed by atoms with van der Waals surface area (Å²) in [6, 6.07) is -0.0502. The van der Waals surface area contributed by atoms with Gasteiger partial charge in [-0.05, 0) is 71.2 Å².